The van der Waals surface area contributed by atoms with Crippen LogP contribution in [0.25, 0.3) is 44.7 Å². The topological polar surface area (TPSA) is 345 Å². The van der Waals surface area contributed by atoms with Crippen molar-refractivity contribution in [1.29, 1.82) is 1.43 Å². The standard InChI is InChI=1S/3C13H20N4O3.C13H18N4O3.C2H6O.2CH4.B.Na.H/c4*1-9(18)6-4-5-7-17-12(19)10-11(14-8-15(10)2)16(3)13(17)20;1-2-3;;;;;/h3*8-9,18H,4-7H2,1-3H3;8H,4-7H2,1-3H3;3H,2H2,1H3;2*1H4;;;/q;;;;;;;;+1;-1/t2*9-;;;;;;;;/m10......../s1/i4*6D2,8D;3D;;;;;. The van der Waals surface area contributed by atoms with E-state index in [1.54, 1.807) is 6.92 Å². The van der Waals surface area contributed by atoms with E-state index < -0.39 is 94.6 Å². The molecule has 0 fully saturated rings. The summed E-state index contributed by atoms with van der Waals surface area (Å²) in [5.41, 5.74) is -3.22. The first kappa shape index (κ1) is 59.2. The number of rotatable bonds is 21. The first-order valence-corrected chi connectivity index (χ1v) is 26.4. The van der Waals surface area contributed by atoms with Gasteiger partial charge in [-0.25, -0.2) is 39.1 Å². The van der Waals surface area contributed by atoms with E-state index in [1.807, 2.05) is 0 Å². The third-order valence-electron chi connectivity index (χ3n) is 12.5. The molecule has 8 aromatic heterocycles. The summed E-state index contributed by atoms with van der Waals surface area (Å²) in [6, 6.07) is 0. The molecule has 4 N–H and O–H groups in total. The normalized spacial score (nSPS) is 14.6. The van der Waals surface area contributed by atoms with Gasteiger partial charge < -0.3 is 44.9 Å². The van der Waals surface area contributed by atoms with Crippen LogP contribution in [0.15, 0.2) is 63.6 Å². The Labute approximate surface area is 548 Å². The van der Waals surface area contributed by atoms with E-state index in [-0.39, 0.29) is 202 Å². The SMILES string of the molecule is C.C.[2H]OCC.[2H]c1nc2c(c(=O)n(CCCC([2H])([2H])C(C)=O)c(=O)n2C)n1C.[2H]c1nc2c(c(=O)n(CCCC([2H])([2H])C(C)O)c(=O)n2C)n1C.[2H]c1nc2c(c(=O)n(CCCC([2H])([2H])[C@@H](C)O)c(=O)n2C)n1C.[2H]c1nc2c(c(=O)n(CCCC([2H])([2H])[C@H](C)O)c(=O)n2C)n1C.[B].[H-].[Na+]. The van der Waals surface area contributed by atoms with Crippen LogP contribution in [0.2, 0.25) is 0 Å². The van der Waals surface area contributed by atoms with Gasteiger partial charge in [-0.2, -0.15) is 0 Å². The van der Waals surface area contributed by atoms with E-state index in [9.17, 15) is 58.5 Å². The second-order valence-corrected chi connectivity index (χ2v) is 19.0. The van der Waals surface area contributed by atoms with E-state index >= 15 is 0 Å². The van der Waals surface area contributed by atoms with Gasteiger partial charge in [0.25, 0.3) is 22.2 Å². The third kappa shape index (κ3) is 20.1. The molecular formula is C56H93BN16NaO13. The summed E-state index contributed by atoms with van der Waals surface area (Å²) in [6.45, 7) is 7.61. The fourth-order valence-corrected chi connectivity index (χ4v) is 8.27. The molecule has 479 valence electrons. The van der Waals surface area contributed by atoms with Gasteiger partial charge in [-0.1, -0.05) is 14.9 Å². The molecule has 0 spiro atoms. The molecule has 0 saturated heterocycles. The van der Waals surface area contributed by atoms with Gasteiger partial charge >= 0.3 is 52.3 Å². The summed E-state index contributed by atoms with van der Waals surface area (Å²) < 4.78 is 112. The molecular weight excluding hydrogens is 1140 g/mol. The van der Waals surface area contributed by atoms with Crippen LogP contribution in [-0.4, -0.2) is 136 Å². The van der Waals surface area contributed by atoms with Crippen molar-refractivity contribution >= 4 is 58.9 Å². The molecule has 8 aromatic rings. The fourth-order valence-electron chi connectivity index (χ4n) is 8.27. The van der Waals surface area contributed by atoms with Gasteiger partial charge in [-0.15, -0.1) is 0 Å². The Kier molecular flexibility index (Phi) is 25.2. The van der Waals surface area contributed by atoms with E-state index in [0.29, 0.717) is 6.61 Å². The van der Waals surface area contributed by atoms with E-state index in [0.717, 1.165) is 18.3 Å². The van der Waals surface area contributed by atoms with Crippen LogP contribution in [0.5, 0.6) is 0 Å². The molecule has 3 atom stereocenters. The maximum Gasteiger partial charge on any atom is 1.00 e. The van der Waals surface area contributed by atoms with E-state index in [4.69, 9.17) is 17.9 Å². The number of aromatic nitrogens is 16. The predicted molar refractivity (Wildman–Crippen MR) is 335 cm³/mol. The number of aliphatic hydroxyl groups is 4. The summed E-state index contributed by atoms with van der Waals surface area (Å²) >= 11 is 0. The molecule has 87 heavy (non-hydrogen) atoms. The summed E-state index contributed by atoms with van der Waals surface area (Å²) in [4.78, 5) is 126. The van der Waals surface area contributed by atoms with Crippen LogP contribution in [0, 0.1) is 0 Å². The predicted octanol–water partition coefficient (Wildman–Crippen LogP) is -1.85. The molecule has 0 saturated carbocycles. The van der Waals surface area contributed by atoms with Gasteiger partial charge in [0.1, 0.15) is 11.3 Å². The Bertz CT molecular complexity index is 4320. The fraction of sp³-hybridized carbons (Fsp3) is 0.625. The van der Waals surface area contributed by atoms with Crippen LogP contribution in [-0.2, 0) is 87.4 Å². The molecule has 1 unspecified atom stereocenters. The number of carbonyl (C=O) groups is 1. The molecule has 29 nitrogen and oxygen atoms in total. The minimum absolute atomic E-state index is 0. The summed E-state index contributed by atoms with van der Waals surface area (Å²) in [6.07, 6.45) is -10.3. The minimum atomic E-state index is -1.97. The molecule has 0 aromatic carbocycles. The van der Waals surface area contributed by atoms with Gasteiger partial charge in [-0.05, 0) is 105 Å². The van der Waals surface area contributed by atoms with Crippen molar-refractivity contribution in [1.82, 2.24) is 74.7 Å². The maximum absolute atomic E-state index is 12.5. The van der Waals surface area contributed by atoms with Crippen LogP contribution in [0.3, 0.4) is 0 Å². The Morgan fingerprint density at radius 3 is 0.874 bits per heavy atom. The number of Topliss-reactive ketones (excluding diaryl/α,β-unsaturated/α-hetero) is 1. The zero-order valence-corrected chi connectivity index (χ0v) is 52.6. The number of fused-ring (bicyclic) bond motifs is 4. The zero-order chi connectivity index (χ0) is 73.5. The Morgan fingerprint density at radius 2 is 0.690 bits per heavy atom. The second-order valence-electron chi connectivity index (χ2n) is 19.0. The Balaban J connectivity index is 0. The van der Waals surface area contributed by atoms with Crippen LogP contribution >= 0.6 is 0 Å². The number of ketones is 1. The van der Waals surface area contributed by atoms with Gasteiger partial charge in [0.2, 0.25) is 1.43 Å². The Morgan fingerprint density at radius 1 is 0.483 bits per heavy atom. The van der Waals surface area contributed by atoms with Crippen LogP contribution in [0.1, 0.15) is 144 Å². The quantitative estimate of drug-likeness (QED) is 0.0574. The van der Waals surface area contributed by atoms with E-state index in [1.165, 1.54) is 121 Å². The number of hydrogen-bond donors (Lipinski definition) is 4. The Hall–Kier alpha value is -6.83. The zero-order valence-electron chi connectivity index (χ0n) is 64.6. The van der Waals surface area contributed by atoms with Crippen molar-refractivity contribution in [2.75, 3.05) is 6.61 Å². The second kappa shape index (κ2) is 37.1. The van der Waals surface area contributed by atoms with Crippen molar-refractivity contribution in [3.8, 4) is 0 Å². The van der Waals surface area contributed by atoms with Crippen molar-refractivity contribution in [2.24, 2.45) is 56.4 Å². The molecule has 0 bridgehead atoms. The van der Waals surface area contributed by atoms with Crippen molar-refractivity contribution in [3.05, 3.63) is 109 Å². The largest absolute Gasteiger partial charge is 1.00 e. The summed E-state index contributed by atoms with van der Waals surface area (Å²) in [5, 5.41) is 31.9. The smallest absolute Gasteiger partial charge is 1.00 e. The first-order valence-electron chi connectivity index (χ1n) is 32.8. The molecule has 8 rings (SSSR count). The average molecular weight is 1250 g/mol. The maximum atomic E-state index is 12.5. The molecule has 0 amide bonds. The number of hydrogen-bond acceptors (Lipinski definition) is 17. The molecule has 8 heterocycles. The minimum Gasteiger partial charge on any atom is -1.00 e. The first-order chi connectivity index (χ1) is 44.2. The third-order valence-corrected chi connectivity index (χ3v) is 12.5. The molecule has 31 heteroatoms. The van der Waals surface area contributed by atoms with Crippen LogP contribution in [0.4, 0.5) is 0 Å². The van der Waals surface area contributed by atoms with E-state index in [2.05, 4.69) is 25.0 Å². The summed E-state index contributed by atoms with van der Waals surface area (Å²) in [7, 11) is 12.0. The van der Waals surface area contributed by atoms with Gasteiger partial charge in [0, 0.05) is 115 Å². The van der Waals surface area contributed by atoms with Gasteiger partial charge in [0.05, 0.1) is 43.5 Å². The van der Waals surface area contributed by atoms with Crippen molar-refractivity contribution in [3.63, 3.8) is 0 Å². The van der Waals surface area contributed by atoms with Gasteiger partial charge in [-0.3, -0.25) is 55.7 Å². The average Bonchev–Trinajstić information content (AvgIpc) is 1.67. The molecule has 0 aliphatic rings. The number of carbonyl (C=O) groups excluding carboxylic acids is 1. The van der Waals surface area contributed by atoms with Crippen molar-refractivity contribution < 1.29 is 72.7 Å². The number of aryl methyl sites for hydroxylation is 8. The molecule has 0 aliphatic heterocycles. The van der Waals surface area contributed by atoms with Gasteiger partial charge in [0.15, 0.2) is 44.7 Å². The number of imidazole rings is 4. The van der Waals surface area contributed by atoms with Crippen LogP contribution < -0.4 is 74.6 Å². The monoisotopic (exact) mass is 1240 g/mol. The van der Waals surface area contributed by atoms with Crippen molar-refractivity contribution in [2.45, 2.75) is 171 Å². The number of nitrogens with zero attached hydrogens (tertiary/aromatic N) is 16. The molecule has 0 aliphatic carbocycles. The summed E-state index contributed by atoms with van der Waals surface area (Å²) in [5.74, 6) is -0.585. The molecule has 3 radical (unpaired) electrons. The number of aliphatic hydroxyl groups excluding tert-OH is 4.